The summed E-state index contributed by atoms with van der Waals surface area (Å²) < 4.78 is 2.26. The van der Waals surface area contributed by atoms with E-state index in [4.69, 9.17) is 11.6 Å². The molecule has 1 heterocycles. The number of thioether (sulfide) groups is 1. The number of para-hydroxylation sites is 1. The molecule has 2 rings (SSSR count). The number of aryl methyl sites for hydroxylation is 2. The molecule has 0 aliphatic rings. The normalized spacial score (nSPS) is 13.2. The van der Waals surface area contributed by atoms with Crippen molar-refractivity contribution in [3.8, 4) is 0 Å². The average molecular weight is 269 g/mol. The van der Waals surface area contributed by atoms with Crippen molar-refractivity contribution in [3.05, 3.63) is 29.6 Å². The van der Waals surface area contributed by atoms with Crippen LogP contribution < -0.4 is 0 Å². The number of hydrogen-bond acceptors (Lipinski definition) is 2. The van der Waals surface area contributed by atoms with E-state index >= 15 is 0 Å². The van der Waals surface area contributed by atoms with Gasteiger partial charge in [-0.15, -0.1) is 11.6 Å². The quantitative estimate of drug-likeness (QED) is 0.780. The Morgan fingerprint density at radius 3 is 2.88 bits per heavy atom. The molecule has 1 aromatic heterocycles. The molecule has 0 fully saturated rings. The zero-order valence-corrected chi connectivity index (χ0v) is 12.0. The topological polar surface area (TPSA) is 17.8 Å². The third-order valence-corrected chi connectivity index (χ3v) is 3.66. The SMILES string of the molecule is CSCCn1c(C(C)Cl)nc2cccc(C)c21. The van der Waals surface area contributed by atoms with Crippen molar-refractivity contribution in [2.45, 2.75) is 25.8 Å². The number of rotatable bonds is 4. The van der Waals surface area contributed by atoms with Gasteiger partial charge in [0.2, 0.25) is 0 Å². The number of benzene rings is 1. The van der Waals surface area contributed by atoms with Gasteiger partial charge in [-0.3, -0.25) is 0 Å². The molecule has 0 saturated heterocycles. The van der Waals surface area contributed by atoms with Crippen LogP contribution in [0.3, 0.4) is 0 Å². The Morgan fingerprint density at radius 2 is 2.24 bits per heavy atom. The van der Waals surface area contributed by atoms with Crippen molar-refractivity contribution in [1.29, 1.82) is 0 Å². The van der Waals surface area contributed by atoms with Gasteiger partial charge in [0.1, 0.15) is 5.82 Å². The van der Waals surface area contributed by atoms with Crippen molar-refractivity contribution >= 4 is 34.4 Å². The van der Waals surface area contributed by atoms with E-state index in [0.29, 0.717) is 0 Å². The monoisotopic (exact) mass is 268 g/mol. The third kappa shape index (κ3) is 2.45. The predicted molar refractivity (Wildman–Crippen MR) is 77.1 cm³/mol. The van der Waals surface area contributed by atoms with Gasteiger partial charge in [0.15, 0.2) is 0 Å². The van der Waals surface area contributed by atoms with E-state index < -0.39 is 0 Å². The van der Waals surface area contributed by atoms with Crippen LogP contribution in [-0.4, -0.2) is 21.6 Å². The molecular weight excluding hydrogens is 252 g/mol. The van der Waals surface area contributed by atoms with Gasteiger partial charge < -0.3 is 4.57 Å². The molecule has 0 bridgehead atoms. The molecule has 17 heavy (non-hydrogen) atoms. The maximum atomic E-state index is 6.22. The highest BCUT2D eigenvalue weighted by Crippen LogP contribution is 2.26. The highest BCUT2D eigenvalue weighted by molar-refractivity contribution is 7.98. The van der Waals surface area contributed by atoms with Gasteiger partial charge in [-0.2, -0.15) is 11.8 Å². The van der Waals surface area contributed by atoms with Gasteiger partial charge in [-0.1, -0.05) is 12.1 Å². The summed E-state index contributed by atoms with van der Waals surface area (Å²) in [4.78, 5) is 4.65. The molecule has 1 aromatic carbocycles. The van der Waals surface area contributed by atoms with Crippen molar-refractivity contribution < 1.29 is 0 Å². The van der Waals surface area contributed by atoms with Crippen LogP contribution in [-0.2, 0) is 6.54 Å². The van der Waals surface area contributed by atoms with E-state index in [1.54, 1.807) is 0 Å². The summed E-state index contributed by atoms with van der Waals surface area (Å²) in [6, 6.07) is 6.23. The first-order valence-corrected chi connectivity index (χ1v) is 7.57. The number of imidazole rings is 1. The van der Waals surface area contributed by atoms with Crippen molar-refractivity contribution in [1.82, 2.24) is 9.55 Å². The Hall–Kier alpha value is -0.670. The molecule has 4 heteroatoms. The van der Waals surface area contributed by atoms with Crippen molar-refractivity contribution in [3.63, 3.8) is 0 Å². The summed E-state index contributed by atoms with van der Waals surface area (Å²) in [6.07, 6.45) is 2.12. The zero-order chi connectivity index (χ0) is 12.4. The molecule has 0 saturated carbocycles. The van der Waals surface area contributed by atoms with Gasteiger partial charge in [-0.25, -0.2) is 4.98 Å². The molecule has 0 spiro atoms. The second kappa shape index (κ2) is 5.32. The Morgan fingerprint density at radius 1 is 1.47 bits per heavy atom. The first-order chi connectivity index (χ1) is 8.15. The van der Waals surface area contributed by atoms with E-state index in [9.17, 15) is 0 Å². The first kappa shape index (κ1) is 12.8. The number of halogens is 1. The molecule has 0 aliphatic heterocycles. The summed E-state index contributed by atoms with van der Waals surface area (Å²) in [6.45, 7) is 5.07. The van der Waals surface area contributed by atoms with Crippen LogP contribution in [0.5, 0.6) is 0 Å². The average Bonchev–Trinajstić information content (AvgIpc) is 2.66. The zero-order valence-electron chi connectivity index (χ0n) is 10.4. The number of fused-ring (bicyclic) bond motifs is 1. The van der Waals surface area contributed by atoms with Crippen molar-refractivity contribution in [2.24, 2.45) is 0 Å². The summed E-state index contributed by atoms with van der Waals surface area (Å²) in [5, 5.41) is -0.0522. The van der Waals surface area contributed by atoms with Crippen molar-refractivity contribution in [2.75, 3.05) is 12.0 Å². The van der Waals surface area contributed by atoms with E-state index in [2.05, 4.69) is 34.9 Å². The number of aromatic nitrogens is 2. The summed E-state index contributed by atoms with van der Waals surface area (Å²) in [5.41, 5.74) is 3.54. The van der Waals surface area contributed by atoms with Crippen LogP contribution >= 0.6 is 23.4 Å². The van der Waals surface area contributed by atoms with Gasteiger partial charge in [0.25, 0.3) is 0 Å². The minimum atomic E-state index is -0.0522. The smallest absolute Gasteiger partial charge is 0.127 e. The molecule has 1 unspecified atom stereocenters. The Balaban J connectivity index is 2.60. The molecule has 0 aliphatic carbocycles. The van der Waals surface area contributed by atoms with Crippen LogP contribution in [0, 0.1) is 6.92 Å². The minimum absolute atomic E-state index is 0.0522. The first-order valence-electron chi connectivity index (χ1n) is 5.74. The largest absolute Gasteiger partial charge is 0.326 e. The van der Waals surface area contributed by atoms with Crippen LogP contribution in [0.25, 0.3) is 11.0 Å². The van der Waals surface area contributed by atoms with E-state index in [-0.39, 0.29) is 5.38 Å². The van der Waals surface area contributed by atoms with E-state index in [1.165, 1.54) is 11.1 Å². The molecule has 1 atom stereocenters. The van der Waals surface area contributed by atoms with Gasteiger partial charge >= 0.3 is 0 Å². The fraction of sp³-hybridized carbons (Fsp3) is 0.462. The summed E-state index contributed by atoms with van der Waals surface area (Å²) in [5.74, 6) is 2.06. The lowest BCUT2D eigenvalue weighted by molar-refractivity contribution is 0.722. The lowest BCUT2D eigenvalue weighted by Gasteiger charge is -2.10. The molecule has 0 amide bonds. The molecular formula is C13H17ClN2S. The second-order valence-electron chi connectivity index (χ2n) is 4.17. The fourth-order valence-corrected chi connectivity index (χ4v) is 2.63. The molecule has 0 radical (unpaired) electrons. The maximum absolute atomic E-state index is 6.22. The third-order valence-electron chi connectivity index (χ3n) is 2.87. The van der Waals surface area contributed by atoms with Crippen LogP contribution in [0.1, 0.15) is 23.7 Å². The fourth-order valence-electron chi connectivity index (χ4n) is 2.10. The minimum Gasteiger partial charge on any atom is -0.326 e. The van der Waals surface area contributed by atoms with Crippen LogP contribution in [0.4, 0.5) is 0 Å². The van der Waals surface area contributed by atoms with E-state index in [0.717, 1.165) is 23.6 Å². The standard InChI is InChI=1S/C13H17ClN2S/c1-9-5-4-6-11-12(9)16(7-8-17-3)13(15-11)10(2)14/h4-6,10H,7-8H2,1-3H3. The summed E-state index contributed by atoms with van der Waals surface area (Å²) >= 11 is 8.06. The van der Waals surface area contributed by atoms with E-state index in [1.807, 2.05) is 24.8 Å². The number of nitrogens with zero attached hydrogens (tertiary/aromatic N) is 2. The highest BCUT2D eigenvalue weighted by atomic mass is 35.5. The number of alkyl halides is 1. The Bertz CT molecular complexity index is 519. The lowest BCUT2D eigenvalue weighted by Crippen LogP contribution is -2.06. The Labute approximate surface area is 111 Å². The predicted octanol–water partition coefficient (Wildman–Crippen LogP) is 4.01. The highest BCUT2D eigenvalue weighted by Gasteiger charge is 2.15. The molecule has 2 aromatic rings. The lowest BCUT2D eigenvalue weighted by atomic mass is 10.2. The number of hydrogen-bond donors (Lipinski definition) is 0. The summed E-state index contributed by atoms with van der Waals surface area (Å²) in [7, 11) is 0. The molecule has 0 N–H and O–H groups in total. The Kier molecular flexibility index (Phi) is 4.00. The molecule has 92 valence electrons. The van der Waals surface area contributed by atoms with Gasteiger partial charge in [0.05, 0.1) is 16.4 Å². The maximum Gasteiger partial charge on any atom is 0.127 e. The van der Waals surface area contributed by atoms with Crippen LogP contribution in [0.2, 0.25) is 0 Å². The molecule has 2 nitrogen and oxygen atoms in total. The van der Waals surface area contributed by atoms with Gasteiger partial charge in [0, 0.05) is 12.3 Å². The second-order valence-corrected chi connectivity index (χ2v) is 5.81. The van der Waals surface area contributed by atoms with Crippen LogP contribution in [0.15, 0.2) is 18.2 Å². The van der Waals surface area contributed by atoms with Gasteiger partial charge in [-0.05, 0) is 31.7 Å².